The number of halogens is 2. The smallest absolute Gasteiger partial charge is 0.183 e. The van der Waals surface area contributed by atoms with Gasteiger partial charge in [-0.2, -0.15) is 0 Å². The fourth-order valence-electron chi connectivity index (χ4n) is 1.79. The first-order valence-electron chi connectivity index (χ1n) is 5.63. The molecule has 2 aromatic rings. The van der Waals surface area contributed by atoms with Crippen LogP contribution in [0.5, 0.6) is 0 Å². The van der Waals surface area contributed by atoms with Crippen LogP contribution in [0.1, 0.15) is 23.4 Å². The highest BCUT2D eigenvalue weighted by molar-refractivity contribution is 7.15. The van der Waals surface area contributed by atoms with Crippen molar-refractivity contribution < 1.29 is 4.39 Å². The van der Waals surface area contributed by atoms with Crippen LogP contribution in [0.25, 0.3) is 0 Å². The van der Waals surface area contributed by atoms with Crippen molar-refractivity contribution in [2.24, 2.45) is 0 Å². The van der Waals surface area contributed by atoms with E-state index in [9.17, 15) is 4.39 Å². The summed E-state index contributed by atoms with van der Waals surface area (Å²) in [7, 11) is 1.96. The summed E-state index contributed by atoms with van der Waals surface area (Å²) in [5.41, 5.74) is 0.704. The Hall–Kier alpha value is -0.970. The molecule has 0 N–H and O–H groups in total. The van der Waals surface area contributed by atoms with E-state index in [-0.39, 0.29) is 11.9 Å². The minimum atomic E-state index is -0.167. The van der Waals surface area contributed by atoms with Crippen LogP contribution in [-0.2, 0) is 6.54 Å². The molecule has 2 rings (SSSR count). The Bertz CT molecular complexity index is 529. The lowest BCUT2D eigenvalue weighted by atomic mass is 10.1. The van der Waals surface area contributed by atoms with Crippen molar-refractivity contribution in [2.75, 3.05) is 7.05 Å². The Labute approximate surface area is 115 Å². The van der Waals surface area contributed by atoms with Crippen LogP contribution < -0.4 is 0 Å². The molecule has 5 heteroatoms. The molecule has 0 fully saturated rings. The average molecular weight is 285 g/mol. The number of thiazole rings is 1. The van der Waals surface area contributed by atoms with Gasteiger partial charge in [-0.25, -0.2) is 9.37 Å². The molecule has 1 aromatic heterocycles. The molecule has 0 spiro atoms. The van der Waals surface area contributed by atoms with E-state index in [0.717, 1.165) is 4.88 Å². The summed E-state index contributed by atoms with van der Waals surface area (Å²) in [5, 5.41) is 0. The summed E-state index contributed by atoms with van der Waals surface area (Å²) in [6, 6.07) is 6.87. The molecule has 0 bridgehead atoms. The predicted molar refractivity (Wildman–Crippen MR) is 73.4 cm³/mol. The number of benzene rings is 1. The number of aromatic nitrogens is 1. The lowest BCUT2D eigenvalue weighted by Crippen LogP contribution is -2.22. The highest BCUT2D eigenvalue weighted by Gasteiger charge is 2.16. The second kappa shape index (κ2) is 5.78. The zero-order valence-electron chi connectivity index (χ0n) is 10.2. The normalized spacial score (nSPS) is 12.9. The zero-order valence-corrected chi connectivity index (χ0v) is 11.8. The monoisotopic (exact) mass is 284 g/mol. The first-order valence-corrected chi connectivity index (χ1v) is 6.82. The van der Waals surface area contributed by atoms with Crippen molar-refractivity contribution in [3.63, 3.8) is 0 Å². The molecule has 0 radical (unpaired) electrons. The van der Waals surface area contributed by atoms with Gasteiger partial charge in [-0.3, -0.25) is 4.90 Å². The van der Waals surface area contributed by atoms with Crippen molar-refractivity contribution in [1.82, 2.24) is 9.88 Å². The molecule has 2 nitrogen and oxygen atoms in total. The van der Waals surface area contributed by atoms with E-state index in [4.69, 9.17) is 11.6 Å². The summed E-state index contributed by atoms with van der Waals surface area (Å²) in [6.45, 7) is 2.70. The molecule has 0 saturated carbocycles. The van der Waals surface area contributed by atoms with E-state index < -0.39 is 0 Å². The Morgan fingerprint density at radius 2 is 2.17 bits per heavy atom. The summed E-state index contributed by atoms with van der Waals surface area (Å²) >= 11 is 7.25. The third kappa shape index (κ3) is 3.07. The SMILES string of the molecule is CC(c1ccccc1F)N(C)Cc1cnc(Cl)s1. The minimum Gasteiger partial charge on any atom is -0.294 e. The van der Waals surface area contributed by atoms with Gasteiger partial charge >= 0.3 is 0 Å². The summed E-state index contributed by atoms with van der Waals surface area (Å²) < 4.78 is 14.2. The molecular weight excluding hydrogens is 271 g/mol. The van der Waals surface area contributed by atoms with Gasteiger partial charge in [0, 0.05) is 29.2 Å². The number of rotatable bonds is 4. The van der Waals surface area contributed by atoms with Crippen LogP contribution in [0.3, 0.4) is 0 Å². The standard InChI is InChI=1S/C13H14ClFN2S/c1-9(11-5-3-4-6-12(11)15)17(2)8-10-7-16-13(14)18-10/h3-7,9H,8H2,1-2H3. The molecule has 0 aliphatic heterocycles. The van der Waals surface area contributed by atoms with Crippen LogP contribution in [0.2, 0.25) is 4.47 Å². The molecule has 1 unspecified atom stereocenters. The van der Waals surface area contributed by atoms with E-state index in [1.807, 2.05) is 26.1 Å². The average Bonchev–Trinajstić information content (AvgIpc) is 2.74. The highest BCUT2D eigenvalue weighted by Crippen LogP contribution is 2.25. The van der Waals surface area contributed by atoms with Gasteiger partial charge in [-0.05, 0) is 20.0 Å². The molecule has 0 amide bonds. The fraction of sp³-hybridized carbons (Fsp3) is 0.308. The highest BCUT2D eigenvalue weighted by atomic mass is 35.5. The van der Waals surface area contributed by atoms with Crippen molar-refractivity contribution in [1.29, 1.82) is 0 Å². The molecule has 1 aromatic carbocycles. The molecule has 1 atom stereocenters. The molecule has 0 aliphatic carbocycles. The Morgan fingerprint density at radius 1 is 1.44 bits per heavy atom. The summed E-state index contributed by atoms with van der Waals surface area (Å²) in [4.78, 5) is 7.15. The fourth-order valence-corrected chi connectivity index (χ4v) is 2.83. The van der Waals surface area contributed by atoms with Gasteiger partial charge in [0.15, 0.2) is 4.47 Å². The van der Waals surface area contributed by atoms with Crippen molar-refractivity contribution in [3.05, 3.63) is 51.2 Å². The topological polar surface area (TPSA) is 16.1 Å². The molecule has 0 aliphatic rings. The number of nitrogens with zero attached hydrogens (tertiary/aromatic N) is 2. The van der Waals surface area contributed by atoms with Crippen LogP contribution in [0.4, 0.5) is 4.39 Å². The maximum absolute atomic E-state index is 13.7. The maximum atomic E-state index is 13.7. The largest absolute Gasteiger partial charge is 0.294 e. The van der Waals surface area contributed by atoms with E-state index in [2.05, 4.69) is 9.88 Å². The van der Waals surface area contributed by atoms with E-state index in [1.54, 1.807) is 12.3 Å². The van der Waals surface area contributed by atoms with Crippen molar-refractivity contribution >= 4 is 22.9 Å². The molecule has 96 valence electrons. The summed E-state index contributed by atoms with van der Waals surface area (Å²) in [5.74, 6) is -0.167. The van der Waals surface area contributed by atoms with Crippen LogP contribution in [0, 0.1) is 5.82 Å². The van der Waals surface area contributed by atoms with Gasteiger partial charge in [0.1, 0.15) is 5.82 Å². The molecule has 1 heterocycles. The van der Waals surface area contributed by atoms with Gasteiger partial charge in [0.25, 0.3) is 0 Å². The molecule has 0 saturated heterocycles. The van der Waals surface area contributed by atoms with Gasteiger partial charge in [0.05, 0.1) is 0 Å². The molecular formula is C13H14ClFN2S. The van der Waals surface area contributed by atoms with Gasteiger partial charge in [0.2, 0.25) is 0 Å². The first-order chi connectivity index (χ1) is 8.58. The third-order valence-corrected chi connectivity index (χ3v) is 4.05. The second-order valence-electron chi connectivity index (χ2n) is 4.19. The summed E-state index contributed by atoms with van der Waals surface area (Å²) in [6.07, 6.45) is 1.76. The van der Waals surface area contributed by atoms with Gasteiger partial charge in [-0.15, -0.1) is 11.3 Å². The maximum Gasteiger partial charge on any atom is 0.183 e. The quantitative estimate of drug-likeness (QED) is 0.839. The minimum absolute atomic E-state index is 0.00655. The van der Waals surface area contributed by atoms with Crippen LogP contribution >= 0.6 is 22.9 Å². The lowest BCUT2D eigenvalue weighted by Gasteiger charge is -2.24. The van der Waals surface area contributed by atoms with E-state index >= 15 is 0 Å². The Morgan fingerprint density at radius 3 is 2.78 bits per heavy atom. The predicted octanol–water partition coefficient (Wildman–Crippen LogP) is 4.13. The third-order valence-electron chi connectivity index (χ3n) is 2.95. The van der Waals surface area contributed by atoms with E-state index in [1.165, 1.54) is 17.4 Å². The van der Waals surface area contributed by atoms with Gasteiger partial charge < -0.3 is 0 Å². The number of hydrogen-bond acceptors (Lipinski definition) is 3. The second-order valence-corrected chi connectivity index (χ2v) is 5.89. The van der Waals surface area contributed by atoms with Gasteiger partial charge in [-0.1, -0.05) is 29.8 Å². The lowest BCUT2D eigenvalue weighted by molar-refractivity contribution is 0.250. The van der Waals surface area contributed by atoms with Crippen LogP contribution in [0.15, 0.2) is 30.5 Å². The van der Waals surface area contributed by atoms with Crippen molar-refractivity contribution in [3.8, 4) is 0 Å². The first kappa shape index (κ1) is 13.5. The number of hydrogen-bond donors (Lipinski definition) is 0. The molecule has 18 heavy (non-hydrogen) atoms. The van der Waals surface area contributed by atoms with Crippen LogP contribution in [-0.4, -0.2) is 16.9 Å². The zero-order chi connectivity index (χ0) is 13.1. The van der Waals surface area contributed by atoms with Crippen molar-refractivity contribution in [2.45, 2.75) is 19.5 Å². The Balaban J connectivity index is 2.09. The van der Waals surface area contributed by atoms with E-state index in [0.29, 0.717) is 16.6 Å². The Kier molecular flexibility index (Phi) is 4.32.